The maximum absolute atomic E-state index is 5.14. The molecule has 2 N–H and O–H groups in total. The van der Waals surface area contributed by atoms with Crippen LogP contribution in [0.1, 0.15) is 44.7 Å². The first-order valence-electron chi connectivity index (χ1n) is 7.86. The summed E-state index contributed by atoms with van der Waals surface area (Å²) in [7, 11) is 1.63. The van der Waals surface area contributed by atoms with E-state index >= 15 is 0 Å². The van der Waals surface area contributed by atoms with Crippen molar-refractivity contribution in [3.8, 4) is 5.88 Å². The molecule has 1 aliphatic carbocycles. The van der Waals surface area contributed by atoms with Crippen LogP contribution in [0.5, 0.6) is 5.88 Å². The summed E-state index contributed by atoms with van der Waals surface area (Å²) >= 11 is 0. The number of pyridine rings is 1. The van der Waals surface area contributed by atoms with Gasteiger partial charge in [-0.3, -0.25) is 0 Å². The van der Waals surface area contributed by atoms with Gasteiger partial charge in [0.25, 0.3) is 0 Å². The number of rotatable bonds is 5. The lowest BCUT2D eigenvalue weighted by Gasteiger charge is -2.24. The number of aromatic nitrogens is 1. The number of hydrogen-bond acceptors (Lipinski definition) is 3. The number of nitrogens with one attached hydrogen (secondary N) is 2. The van der Waals surface area contributed by atoms with E-state index < -0.39 is 0 Å². The molecule has 1 aromatic heterocycles. The highest BCUT2D eigenvalue weighted by molar-refractivity contribution is 14.0. The summed E-state index contributed by atoms with van der Waals surface area (Å²) in [6.45, 7) is 3.51. The summed E-state index contributed by atoms with van der Waals surface area (Å²) in [5, 5.41) is 6.84. The lowest BCUT2D eigenvalue weighted by Crippen LogP contribution is -2.44. The zero-order valence-corrected chi connectivity index (χ0v) is 15.8. The molecule has 0 radical (unpaired) electrons. The van der Waals surface area contributed by atoms with Gasteiger partial charge < -0.3 is 15.4 Å². The fraction of sp³-hybridized carbons (Fsp3) is 0.625. The Labute approximate surface area is 150 Å². The van der Waals surface area contributed by atoms with E-state index in [1.807, 2.05) is 18.2 Å². The van der Waals surface area contributed by atoms with Gasteiger partial charge in [0.2, 0.25) is 5.88 Å². The van der Waals surface area contributed by atoms with E-state index in [2.05, 4.69) is 27.5 Å². The molecule has 22 heavy (non-hydrogen) atoms. The number of guanidine groups is 1. The van der Waals surface area contributed by atoms with Crippen molar-refractivity contribution in [2.45, 2.75) is 51.6 Å². The molecule has 0 bridgehead atoms. The zero-order chi connectivity index (χ0) is 14.9. The summed E-state index contributed by atoms with van der Waals surface area (Å²) in [4.78, 5) is 9.01. The summed E-state index contributed by atoms with van der Waals surface area (Å²) in [6.07, 6.45) is 6.46. The summed E-state index contributed by atoms with van der Waals surface area (Å²) in [5.41, 5.74) is 0.912. The van der Waals surface area contributed by atoms with Gasteiger partial charge in [-0.05, 0) is 25.8 Å². The molecule has 0 saturated heterocycles. The van der Waals surface area contributed by atoms with Gasteiger partial charge in [0.15, 0.2) is 5.96 Å². The second kappa shape index (κ2) is 10.6. The van der Waals surface area contributed by atoms with E-state index in [0.717, 1.165) is 18.2 Å². The average molecular weight is 418 g/mol. The number of aliphatic imine (C=N–C) groups is 1. The topological polar surface area (TPSA) is 58.5 Å². The van der Waals surface area contributed by atoms with E-state index in [0.29, 0.717) is 18.5 Å². The Morgan fingerprint density at radius 1 is 1.32 bits per heavy atom. The minimum atomic E-state index is 0. The van der Waals surface area contributed by atoms with Crippen LogP contribution in [0.2, 0.25) is 0 Å². The largest absolute Gasteiger partial charge is 0.481 e. The molecule has 0 aromatic carbocycles. The number of nitrogens with zero attached hydrogens (tertiary/aromatic N) is 2. The highest BCUT2D eigenvalue weighted by Gasteiger charge is 2.14. The Kier molecular flexibility index (Phi) is 9.19. The van der Waals surface area contributed by atoms with Crippen LogP contribution in [0.15, 0.2) is 23.2 Å². The van der Waals surface area contributed by atoms with Crippen LogP contribution in [0.3, 0.4) is 0 Å². The minimum absolute atomic E-state index is 0. The first-order chi connectivity index (χ1) is 10.3. The van der Waals surface area contributed by atoms with Crippen LogP contribution in [-0.4, -0.2) is 30.6 Å². The minimum Gasteiger partial charge on any atom is -0.481 e. The third-order valence-corrected chi connectivity index (χ3v) is 3.68. The SMILES string of the molecule is CCNC(=NCc1cccc(OC)n1)NC1CCCCC1.I. The molecule has 124 valence electrons. The molecule has 2 rings (SSSR count). The van der Waals surface area contributed by atoms with Gasteiger partial charge in [0.05, 0.1) is 19.3 Å². The summed E-state index contributed by atoms with van der Waals surface area (Å²) < 4.78 is 5.14. The van der Waals surface area contributed by atoms with Gasteiger partial charge in [0.1, 0.15) is 0 Å². The molecule has 1 aromatic rings. The molecular formula is C16H27IN4O. The molecule has 1 fully saturated rings. The Hall–Kier alpha value is -1.05. The van der Waals surface area contributed by atoms with Crippen LogP contribution in [-0.2, 0) is 6.54 Å². The van der Waals surface area contributed by atoms with E-state index in [-0.39, 0.29) is 24.0 Å². The van der Waals surface area contributed by atoms with E-state index in [1.165, 1.54) is 32.1 Å². The molecule has 0 spiro atoms. The summed E-state index contributed by atoms with van der Waals surface area (Å²) in [5.74, 6) is 1.52. The zero-order valence-electron chi connectivity index (χ0n) is 13.5. The van der Waals surface area contributed by atoms with Gasteiger partial charge in [-0.2, -0.15) is 0 Å². The molecule has 6 heteroatoms. The number of hydrogen-bond donors (Lipinski definition) is 2. The first-order valence-corrected chi connectivity index (χ1v) is 7.86. The molecule has 0 amide bonds. The lowest BCUT2D eigenvalue weighted by molar-refractivity contribution is 0.396. The fourth-order valence-corrected chi connectivity index (χ4v) is 2.58. The molecule has 0 atom stereocenters. The highest BCUT2D eigenvalue weighted by atomic mass is 127. The van der Waals surface area contributed by atoms with Crippen LogP contribution >= 0.6 is 24.0 Å². The summed E-state index contributed by atoms with van der Waals surface area (Å²) in [6, 6.07) is 6.31. The normalized spacial score (nSPS) is 15.8. The Bertz CT molecular complexity index is 461. The van der Waals surface area contributed by atoms with Gasteiger partial charge in [-0.1, -0.05) is 25.3 Å². The monoisotopic (exact) mass is 418 g/mol. The smallest absolute Gasteiger partial charge is 0.213 e. The second-order valence-corrected chi connectivity index (χ2v) is 5.35. The third-order valence-electron chi connectivity index (χ3n) is 3.68. The molecule has 5 nitrogen and oxygen atoms in total. The van der Waals surface area contributed by atoms with Gasteiger partial charge in [-0.25, -0.2) is 9.98 Å². The second-order valence-electron chi connectivity index (χ2n) is 5.35. The number of methoxy groups -OCH3 is 1. The van der Waals surface area contributed by atoms with Gasteiger partial charge in [0, 0.05) is 18.7 Å². The average Bonchev–Trinajstić information content (AvgIpc) is 2.54. The van der Waals surface area contributed by atoms with Crippen molar-refractivity contribution in [3.05, 3.63) is 23.9 Å². The van der Waals surface area contributed by atoms with Crippen molar-refractivity contribution in [2.24, 2.45) is 4.99 Å². The molecular weight excluding hydrogens is 391 g/mol. The number of halogens is 1. The van der Waals surface area contributed by atoms with Crippen LogP contribution in [0.25, 0.3) is 0 Å². The quantitative estimate of drug-likeness (QED) is 0.439. The van der Waals surface area contributed by atoms with Crippen molar-refractivity contribution in [1.29, 1.82) is 0 Å². The maximum atomic E-state index is 5.14. The molecule has 0 unspecified atom stereocenters. The lowest BCUT2D eigenvalue weighted by atomic mass is 9.96. The van der Waals surface area contributed by atoms with Crippen molar-refractivity contribution in [2.75, 3.05) is 13.7 Å². The maximum Gasteiger partial charge on any atom is 0.213 e. The predicted octanol–water partition coefficient (Wildman–Crippen LogP) is 3.10. The molecule has 1 saturated carbocycles. The van der Waals surface area contributed by atoms with Crippen molar-refractivity contribution >= 4 is 29.9 Å². The van der Waals surface area contributed by atoms with Crippen molar-refractivity contribution in [3.63, 3.8) is 0 Å². The Morgan fingerprint density at radius 2 is 2.09 bits per heavy atom. The highest BCUT2D eigenvalue weighted by Crippen LogP contribution is 2.17. The Balaban J connectivity index is 0.00000242. The number of ether oxygens (including phenoxy) is 1. The van der Waals surface area contributed by atoms with Crippen LogP contribution in [0.4, 0.5) is 0 Å². The van der Waals surface area contributed by atoms with Crippen molar-refractivity contribution < 1.29 is 4.74 Å². The molecule has 1 heterocycles. The van der Waals surface area contributed by atoms with Crippen molar-refractivity contribution in [1.82, 2.24) is 15.6 Å². The fourth-order valence-electron chi connectivity index (χ4n) is 2.58. The third kappa shape index (κ3) is 6.37. The molecule has 1 aliphatic rings. The van der Waals surface area contributed by atoms with Crippen LogP contribution < -0.4 is 15.4 Å². The van der Waals surface area contributed by atoms with Gasteiger partial charge in [-0.15, -0.1) is 24.0 Å². The van der Waals surface area contributed by atoms with E-state index in [4.69, 9.17) is 4.74 Å². The van der Waals surface area contributed by atoms with Crippen LogP contribution in [0, 0.1) is 0 Å². The van der Waals surface area contributed by atoms with E-state index in [1.54, 1.807) is 7.11 Å². The van der Waals surface area contributed by atoms with Gasteiger partial charge >= 0.3 is 0 Å². The van der Waals surface area contributed by atoms with E-state index in [9.17, 15) is 0 Å². The molecule has 0 aliphatic heterocycles. The standard InChI is InChI=1S/C16H26N4O.HI/c1-3-17-16(20-13-8-5-4-6-9-13)18-12-14-10-7-11-15(19-14)21-2;/h7,10-11,13H,3-6,8-9,12H2,1-2H3,(H2,17,18,20);1H. The Morgan fingerprint density at radius 3 is 2.77 bits per heavy atom. The first kappa shape index (κ1) is 19.0. The predicted molar refractivity (Wildman–Crippen MR) is 101 cm³/mol.